The molecule has 12 heteroatoms. The Morgan fingerprint density at radius 2 is 1.66 bits per heavy atom. The second kappa shape index (κ2) is 14.7. The molecule has 0 amide bonds. The van der Waals surface area contributed by atoms with Crippen molar-refractivity contribution in [2.24, 2.45) is 0 Å². The van der Waals surface area contributed by atoms with Gasteiger partial charge in [-0.2, -0.15) is 0 Å². The largest absolute Gasteiger partial charge is 0.469 e. The summed E-state index contributed by atoms with van der Waals surface area (Å²) in [5.41, 5.74) is 1.26. The maximum absolute atomic E-state index is 14.9. The van der Waals surface area contributed by atoms with Gasteiger partial charge in [0.2, 0.25) is 0 Å². The molecule has 3 heterocycles. The predicted molar refractivity (Wildman–Crippen MR) is 176 cm³/mol. The van der Waals surface area contributed by atoms with E-state index in [0.29, 0.717) is 29.8 Å². The Kier molecular flexibility index (Phi) is 10.5. The van der Waals surface area contributed by atoms with Gasteiger partial charge in [-0.25, -0.2) is 13.6 Å². The van der Waals surface area contributed by atoms with E-state index in [0.717, 1.165) is 33.5 Å². The van der Waals surface area contributed by atoms with Crippen molar-refractivity contribution < 1.29 is 23.1 Å². The summed E-state index contributed by atoms with van der Waals surface area (Å²) in [4.78, 5) is 59.5. The fraction of sp³-hybridized carbons (Fsp3) is 0.286. The first kappa shape index (κ1) is 33.6. The molecule has 0 fully saturated rings. The fourth-order valence-corrected chi connectivity index (χ4v) is 6.71. The molecule has 3 aromatic heterocycles. The number of pyridine rings is 1. The van der Waals surface area contributed by atoms with Gasteiger partial charge < -0.3 is 4.74 Å². The first-order valence-corrected chi connectivity index (χ1v) is 15.9. The maximum Gasteiger partial charge on any atom is 0.332 e. The van der Waals surface area contributed by atoms with Gasteiger partial charge in [-0.05, 0) is 48.0 Å². The van der Waals surface area contributed by atoms with E-state index in [9.17, 15) is 28.0 Å². The van der Waals surface area contributed by atoms with Gasteiger partial charge in [0, 0.05) is 49.1 Å². The number of ether oxygens (including phenoxy) is 1. The van der Waals surface area contributed by atoms with Crippen LogP contribution in [0.2, 0.25) is 0 Å². The minimum absolute atomic E-state index is 0.105. The zero-order chi connectivity index (χ0) is 33.7. The van der Waals surface area contributed by atoms with E-state index < -0.39 is 35.4 Å². The highest BCUT2D eigenvalue weighted by molar-refractivity contribution is 7.22. The Morgan fingerprint density at radius 3 is 2.30 bits per heavy atom. The monoisotopic (exact) mass is 660 g/mol. The number of nitrogens with zero attached hydrogens (tertiary/aromatic N) is 4. The van der Waals surface area contributed by atoms with E-state index in [1.807, 2.05) is 61.3 Å². The number of aromatic nitrogens is 3. The lowest BCUT2D eigenvalue weighted by molar-refractivity contribution is -0.140. The quantitative estimate of drug-likeness (QED) is 0.157. The number of thiophene rings is 1. The third-order valence-electron chi connectivity index (χ3n) is 7.90. The lowest BCUT2D eigenvalue weighted by Crippen LogP contribution is -2.41. The number of methoxy groups -OCH3 is 1. The molecule has 0 atom stereocenters. The predicted octanol–water partition coefficient (Wildman–Crippen LogP) is 5.33. The molecule has 0 saturated carbocycles. The summed E-state index contributed by atoms with van der Waals surface area (Å²) in [6.07, 6.45) is 2.16. The number of carbonyl (C=O) groups excluding carboxylic acids is 2. The summed E-state index contributed by atoms with van der Waals surface area (Å²) < 4.78 is 36.7. The van der Waals surface area contributed by atoms with E-state index >= 15 is 0 Å². The molecule has 244 valence electrons. The second-order valence-electron chi connectivity index (χ2n) is 11.2. The highest BCUT2D eigenvalue weighted by Crippen LogP contribution is 2.38. The molecule has 47 heavy (non-hydrogen) atoms. The van der Waals surface area contributed by atoms with Crippen molar-refractivity contribution >= 4 is 33.3 Å². The van der Waals surface area contributed by atoms with Crippen molar-refractivity contribution in [3.05, 3.63) is 122 Å². The van der Waals surface area contributed by atoms with Crippen LogP contribution in [-0.4, -0.2) is 44.9 Å². The van der Waals surface area contributed by atoms with Crippen molar-refractivity contribution in [1.29, 1.82) is 0 Å². The SMILES string of the molecule is CCC(=O)Cc1ccc(-c2sc3c(c2CN(C)Cc2ccccn2)c(=O)n(CCC(=O)OC)c(=O)n3Cc2c(F)cccc2F)cc1. The van der Waals surface area contributed by atoms with Crippen molar-refractivity contribution in [3.63, 3.8) is 0 Å². The number of hydrogen-bond donors (Lipinski definition) is 0. The Labute approximate surface area is 273 Å². The molecule has 0 unspecified atom stereocenters. The van der Waals surface area contributed by atoms with Gasteiger partial charge in [-0.1, -0.05) is 43.3 Å². The van der Waals surface area contributed by atoms with Crippen LogP contribution < -0.4 is 11.2 Å². The van der Waals surface area contributed by atoms with Gasteiger partial charge >= 0.3 is 11.7 Å². The summed E-state index contributed by atoms with van der Waals surface area (Å²) in [5, 5.41) is 0.212. The summed E-state index contributed by atoms with van der Waals surface area (Å²) in [7, 11) is 3.08. The standard InChI is InChI=1S/C35H34F2N4O5S/c1-4-25(42)18-22-11-13-23(14-12-22)32-27(20-39(2)19-24-8-5-6-16-38-24)31-33(44)40(17-15-30(43)46-3)35(45)41(34(31)47-32)21-26-28(36)9-7-10-29(26)37/h5-14,16H,4,15,17-21H2,1-3H3. The zero-order valence-corrected chi connectivity index (χ0v) is 27.1. The molecule has 2 aromatic carbocycles. The fourth-order valence-electron chi connectivity index (χ4n) is 5.40. The third-order valence-corrected chi connectivity index (χ3v) is 9.20. The molecule has 0 saturated heterocycles. The number of esters is 1. The summed E-state index contributed by atoms with van der Waals surface area (Å²) in [5.74, 6) is -2.18. The summed E-state index contributed by atoms with van der Waals surface area (Å²) in [6.45, 7) is 1.77. The van der Waals surface area contributed by atoms with Crippen LogP contribution in [0.1, 0.15) is 42.1 Å². The lowest BCUT2D eigenvalue weighted by atomic mass is 10.0. The second-order valence-corrected chi connectivity index (χ2v) is 12.2. The van der Waals surface area contributed by atoms with Crippen LogP contribution in [-0.2, 0) is 46.9 Å². The van der Waals surface area contributed by atoms with Gasteiger partial charge in [0.1, 0.15) is 22.2 Å². The van der Waals surface area contributed by atoms with Gasteiger partial charge in [0.15, 0.2) is 0 Å². The molecule has 5 aromatic rings. The molecule has 0 aliphatic carbocycles. The van der Waals surface area contributed by atoms with Crippen LogP contribution in [0.5, 0.6) is 0 Å². The highest BCUT2D eigenvalue weighted by atomic mass is 32.1. The van der Waals surface area contributed by atoms with Crippen LogP contribution >= 0.6 is 11.3 Å². The molecule has 5 rings (SSSR count). The number of ketones is 1. The molecular formula is C35H34F2N4O5S. The van der Waals surface area contributed by atoms with Crippen molar-refractivity contribution in [1.82, 2.24) is 19.0 Å². The molecule has 0 aliphatic rings. The van der Waals surface area contributed by atoms with Crippen molar-refractivity contribution in [2.45, 2.75) is 52.4 Å². The maximum atomic E-state index is 14.9. The van der Waals surface area contributed by atoms with Crippen LogP contribution in [0, 0.1) is 11.6 Å². The molecule has 0 radical (unpaired) electrons. The van der Waals surface area contributed by atoms with Crippen molar-refractivity contribution in [3.8, 4) is 10.4 Å². The number of fused-ring (bicyclic) bond motifs is 1. The Balaban J connectivity index is 1.74. The van der Waals surface area contributed by atoms with E-state index in [4.69, 9.17) is 4.74 Å². The minimum Gasteiger partial charge on any atom is -0.469 e. The van der Waals surface area contributed by atoms with Gasteiger partial charge in [0.25, 0.3) is 5.56 Å². The summed E-state index contributed by atoms with van der Waals surface area (Å²) in [6, 6.07) is 16.5. The molecule has 0 bridgehead atoms. The smallest absolute Gasteiger partial charge is 0.332 e. The average molecular weight is 661 g/mol. The Morgan fingerprint density at radius 1 is 0.936 bits per heavy atom. The number of hydrogen-bond acceptors (Lipinski definition) is 8. The van der Waals surface area contributed by atoms with E-state index in [-0.39, 0.29) is 41.1 Å². The molecule has 0 spiro atoms. The van der Waals surface area contributed by atoms with E-state index in [2.05, 4.69) is 4.98 Å². The first-order valence-electron chi connectivity index (χ1n) is 15.1. The summed E-state index contributed by atoms with van der Waals surface area (Å²) >= 11 is 1.18. The number of halogens is 2. The third kappa shape index (κ3) is 7.44. The number of Topliss-reactive ketones (excluding diaryl/α,β-unsaturated/α-hetero) is 1. The highest BCUT2D eigenvalue weighted by Gasteiger charge is 2.25. The van der Waals surface area contributed by atoms with Crippen LogP contribution in [0.15, 0.2) is 76.4 Å². The zero-order valence-electron chi connectivity index (χ0n) is 26.3. The minimum atomic E-state index is -0.832. The topological polar surface area (TPSA) is 104 Å². The van der Waals surface area contributed by atoms with Crippen LogP contribution in [0.4, 0.5) is 8.78 Å². The lowest BCUT2D eigenvalue weighted by Gasteiger charge is -2.18. The average Bonchev–Trinajstić information content (AvgIpc) is 3.43. The van der Waals surface area contributed by atoms with E-state index in [1.54, 1.807) is 6.20 Å². The van der Waals surface area contributed by atoms with Crippen molar-refractivity contribution in [2.75, 3.05) is 14.2 Å². The van der Waals surface area contributed by atoms with Crippen LogP contribution in [0.3, 0.4) is 0 Å². The van der Waals surface area contributed by atoms with Gasteiger partial charge in [-0.15, -0.1) is 11.3 Å². The Bertz CT molecular complexity index is 2020. The Hall–Kier alpha value is -4.81. The van der Waals surface area contributed by atoms with E-state index in [1.165, 1.54) is 29.1 Å². The van der Waals surface area contributed by atoms with Gasteiger partial charge in [-0.3, -0.25) is 33.4 Å². The molecule has 0 N–H and O–H groups in total. The van der Waals surface area contributed by atoms with Crippen LogP contribution in [0.25, 0.3) is 20.7 Å². The number of benzene rings is 2. The molecule has 0 aliphatic heterocycles. The molecule has 9 nitrogen and oxygen atoms in total. The first-order chi connectivity index (χ1) is 22.6. The number of carbonyl (C=O) groups is 2. The normalized spacial score (nSPS) is 11.4. The molecular weight excluding hydrogens is 626 g/mol. The number of rotatable bonds is 13. The van der Waals surface area contributed by atoms with Gasteiger partial charge in [0.05, 0.1) is 31.2 Å².